The molecule has 0 radical (unpaired) electrons. The van der Waals surface area contributed by atoms with Gasteiger partial charge in [0, 0.05) is 56.6 Å². The van der Waals surface area contributed by atoms with Gasteiger partial charge in [-0.2, -0.15) is 8.42 Å². The Morgan fingerprint density at radius 1 is 1.02 bits per heavy atom. The zero-order chi connectivity index (χ0) is 35.2. The van der Waals surface area contributed by atoms with Crippen LogP contribution in [0.1, 0.15) is 45.2 Å². The lowest BCUT2D eigenvalue weighted by molar-refractivity contribution is -0.137. The van der Waals surface area contributed by atoms with E-state index in [1.54, 1.807) is 32.3 Å². The molecule has 3 heterocycles. The highest BCUT2D eigenvalue weighted by Crippen LogP contribution is 2.28. The van der Waals surface area contributed by atoms with Crippen molar-refractivity contribution in [2.24, 2.45) is 5.92 Å². The Labute approximate surface area is 288 Å². The van der Waals surface area contributed by atoms with E-state index in [2.05, 4.69) is 30.8 Å². The molecule has 4 N–H and O–H groups in total. The fraction of sp³-hybridized carbons (Fsp3) is 0.419. The van der Waals surface area contributed by atoms with Gasteiger partial charge in [0.05, 0.1) is 21.7 Å². The molecule has 3 unspecified atom stereocenters. The molecule has 48 heavy (non-hydrogen) atoms. The minimum atomic E-state index is -4.02. The van der Waals surface area contributed by atoms with Crippen LogP contribution in [0.2, 0.25) is 5.02 Å². The summed E-state index contributed by atoms with van der Waals surface area (Å²) in [6, 6.07) is 7.93. The number of hydrogen-bond donors (Lipinski definition) is 4. The number of rotatable bonds is 6. The fourth-order valence-corrected chi connectivity index (χ4v) is 6.99. The fourth-order valence-electron chi connectivity index (χ4n) is 5.31. The van der Waals surface area contributed by atoms with Crippen molar-refractivity contribution >= 4 is 62.5 Å². The number of carbonyl (C=O) groups is 4. The molecular formula is C31H38ClN7O7S2. The molecule has 0 saturated heterocycles. The third kappa shape index (κ3) is 10.0. The number of thiazole rings is 1. The Balaban J connectivity index is 0.000000401. The van der Waals surface area contributed by atoms with Gasteiger partial charge in [0.2, 0.25) is 5.91 Å². The van der Waals surface area contributed by atoms with E-state index in [1.165, 1.54) is 40.6 Å². The second-order valence-corrected chi connectivity index (χ2v) is 14.8. The van der Waals surface area contributed by atoms with Gasteiger partial charge >= 0.3 is 11.8 Å². The first-order valence-electron chi connectivity index (χ1n) is 15.1. The van der Waals surface area contributed by atoms with Crippen molar-refractivity contribution in [2.45, 2.75) is 56.1 Å². The molecule has 14 nitrogen and oxygen atoms in total. The molecule has 1 saturated carbocycles. The largest absolute Gasteiger partial charge is 0.349 e. The Morgan fingerprint density at radius 3 is 2.35 bits per heavy atom. The third-order valence-corrected chi connectivity index (χ3v) is 10.1. The molecule has 3 atom stereocenters. The number of aryl methyl sites for hydroxylation is 1. The average Bonchev–Trinajstić information content (AvgIpc) is 3.46. The Morgan fingerprint density at radius 2 is 1.73 bits per heavy atom. The van der Waals surface area contributed by atoms with Crippen LogP contribution in [-0.4, -0.2) is 96.1 Å². The summed E-state index contributed by atoms with van der Waals surface area (Å²) in [6.45, 7) is 3.48. The van der Waals surface area contributed by atoms with Gasteiger partial charge < -0.3 is 25.8 Å². The summed E-state index contributed by atoms with van der Waals surface area (Å²) in [5, 5.41) is 8.91. The smallest absolute Gasteiger partial charge is 0.314 e. The Kier molecular flexibility index (Phi) is 12.3. The van der Waals surface area contributed by atoms with E-state index < -0.39 is 34.0 Å². The molecule has 0 spiro atoms. The van der Waals surface area contributed by atoms with Crippen molar-refractivity contribution in [3.63, 3.8) is 0 Å². The molecular weight excluding hydrogens is 682 g/mol. The summed E-state index contributed by atoms with van der Waals surface area (Å²) in [7, 11) is 1.39. The van der Waals surface area contributed by atoms with Gasteiger partial charge in [-0.15, -0.1) is 11.3 Å². The van der Waals surface area contributed by atoms with Gasteiger partial charge in [-0.1, -0.05) is 29.3 Å². The van der Waals surface area contributed by atoms with Gasteiger partial charge in [-0.3, -0.25) is 23.7 Å². The number of nitrogens with one attached hydrogen (secondary N) is 3. The number of benzene rings is 1. The number of carbonyl (C=O) groups excluding carboxylic acids is 4. The molecule has 0 bridgehead atoms. The van der Waals surface area contributed by atoms with Crippen molar-refractivity contribution < 1.29 is 32.1 Å². The first kappa shape index (κ1) is 36.9. The first-order valence-corrected chi connectivity index (χ1v) is 17.7. The number of hydrogen-bond acceptors (Lipinski definition) is 10. The number of fused-ring (bicyclic) bond motifs is 1. The van der Waals surface area contributed by atoms with Crippen molar-refractivity contribution in [3.05, 3.63) is 68.8 Å². The second kappa shape index (κ2) is 16.0. The molecule has 2 aromatic heterocycles. The minimum Gasteiger partial charge on any atom is -0.349 e. The molecule has 1 aromatic carbocycles. The molecule has 4 amide bonds. The summed E-state index contributed by atoms with van der Waals surface area (Å²) >= 11 is 7.17. The lowest BCUT2D eigenvalue weighted by Gasteiger charge is -2.37. The van der Waals surface area contributed by atoms with E-state index in [-0.39, 0.29) is 28.4 Å². The third-order valence-electron chi connectivity index (χ3n) is 7.88. The molecule has 1 aliphatic carbocycles. The van der Waals surface area contributed by atoms with Crippen LogP contribution in [0.4, 0.5) is 5.82 Å². The maximum Gasteiger partial charge on any atom is 0.314 e. The van der Waals surface area contributed by atoms with Crippen LogP contribution in [0, 0.1) is 12.8 Å². The quantitative estimate of drug-likeness (QED) is 0.218. The van der Waals surface area contributed by atoms with Crippen LogP contribution in [0.5, 0.6) is 0 Å². The van der Waals surface area contributed by atoms with Crippen molar-refractivity contribution in [1.82, 2.24) is 30.4 Å². The van der Waals surface area contributed by atoms with Gasteiger partial charge in [-0.25, -0.2) is 9.97 Å². The number of likely N-dealkylation sites (N-methyl/N-ethyl adjacent to an activating group) is 1. The molecule has 2 aliphatic rings. The van der Waals surface area contributed by atoms with Crippen LogP contribution in [0.3, 0.4) is 0 Å². The number of pyridine rings is 1. The predicted molar refractivity (Wildman–Crippen MR) is 180 cm³/mol. The highest BCUT2D eigenvalue weighted by molar-refractivity contribution is 7.85. The number of aromatic nitrogens is 2. The molecule has 17 heteroatoms. The summed E-state index contributed by atoms with van der Waals surface area (Å²) in [4.78, 5) is 64.2. The minimum absolute atomic E-state index is 0.0386. The highest BCUT2D eigenvalue weighted by atomic mass is 35.5. The highest BCUT2D eigenvalue weighted by Gasteiger charge is 2.37. The van der Waals surface area contributed by atoms with E-state index in [1.807, 2.05) is 14.0 Å². The summed E-state index contributed by atoms with van der Waals surface area (Å²) in [6.07, 6.45) is 3.42. The molecule has 1 aliphatic heterocycles. The summed E-state index contributed by atoms with van der Waals surface area (Å²) in [5.41, 5.74) is 1.90. The number of halogens is 1. The lowest BCUT2D eigenvalue weighted by atomic mass is 9.81. The van der Waals surface area contributed by atoms with Crippen molar-refractivity contribution in [1.29, 1.82) is 0 Å². The zero-order valence-electron chi connectivity index (χ0n) is 26.9. The molecule has 258 valence electrons. The second-order valence-electron chi connectivity index (χ2n) is 11.9. The first-order chi connectivity index (χ1) is 22.6. The maximum atomic E-state index is 13.2. The number of anilines is 1. The monoisotopic (exact) mass is 719 g/mol. The Bertz CT molecular complexity index is 1750. The van der Waals surface area contributed by atoms with Crippen LogP contribution in [0.25, 0.3) is 0 Å². The van der Waals surface area contributed by atoms with Crippen LogP contribution >= 0.6 is 22.9 Å². The van der Waals surface area contributed by atoms with Crippen LogP contribution in [-0.2, 0) is 37.5 Å². The van der Waals surface area contributed by atoms with E-state index >= 15 is 0 Å². The molecule has 5 rings (SSSR count). The SMILES string of the molecule is CN1CCc2nc(C(=O)NC3CC(C(=O)N(C)C)CCC3NC(=O)C(=O)Nc3ccc(Cl)cn3)sc2C1.Cc1ccc(S(=O)(=O)O)cc1. The van der Waals surface area contributed by atoms with Gasteiger partial charge in [0.25, 0.3) is 16.0 Å². The van der Waals surface area contributed by atoms with E-state index in [0.717, 1.165) is 35.6 Å². The van der Waals surface area contributed by atoms with E-state index in [9.17, 15) is 27.6 Å². The summed E-state index contributed by atoms with van der Waals surface area (Å²) in [5.74, 6) is -2.25. The molecule has 3 aromatic rings. The maximum absolute atomic E-state index is 13.2. The van der Waals surface area contributed by atoms with Crippen LogP contribution < -0.4 is 16.0 Å². The Hall–Kier alpha value is -3.96. The van der Waals surface area contributed by atoms with Crippen molar-refractivity contribution in [2.75, 3.05) is 33.0 Å². The zero-order valence-corrected chi connectivity index (χ0v) is 29.3. The topological polar surface area (TPSA) is 191 Å². The van der Waals surface area contributed by atoms with E-state index in [4.69, 9.17) is 16.2 Å². The summed E-state index contributed by atoms with van der Waals surface area (Å²) < 4.78 is 29.6. The molecule has 1 fully saturated rings. The van der Waals surface area contributed by atoms with Gasteiger partial charge in [-0.05, 0) is 57.5 Å². The average molecular weight is 720 g/mol. The van der Waals surface area contributed by atoms with E-state index in [0.29, 0.717) is 29.3 Å². The van der Waals surface area contributed by atoms with Crippen LogP contribution in [0.15, 0.2) is 47.5 Å². The number of amides is 4. The van der Waals surface area contributed by atoms with Crippen molar-refractivity contribution in [3.8, 4) is 0 Å². The standard InChI is InChI=1S/C24H30ClN7O4S.C7H8O3S/c1-31(2)24(36)13-4-6-15(27-20(33)21(34)30-19-7-5-14(25)11-26-19)17(10-13)28-22(35)23-29-16-8-9-32(3)12-18(16)37-23;1-6-2-4-7(5-3-6)11(8,9)10/h5,7,11,13,15,17H,4,6,8-10,12H2,1-3H3,(H,27,33)(H,28,35)(H,26,30,34);2-5H,1H3,(H,8,9,10). The number of nitrogens with zero attached hydrogens (tertiary/aromatic N) is 4. The van der Waals surface area contributed by atoms with Gasteiger partial charge in [0.15, 0.2) is 5.01 Å². The lowest BCUT2D eigenvalue weighted by Crippen LogP contribution is -2.57. The van der Waals surface area contributed by atoms with Gasteiger partial charge in [0.1, 0.15) is 5.82 Å². The normalized spacial score (nSPS) is 19.2. The predicted octanol–water partition coefficient (Wildman–Crippen LogP) is 2.53.